The lowest BCUT2D eigenvalue weighted by Crippen LogP contribution is -2.33. The number of ether oxygens (including phenoxy) is 2. The van der Waals surface area contributed by atoms with Crippen LogP contribution < -0.4 is 31.0 Å². The third-order valence-corrected chi connectivity index (χ3v) is 4.95. The molecule has 9 nitrogen and oxygen atoms in total. The molecule has 0 radical (unpaired) electrons. The topological polar surface area (TPSA) is 123 Å². The van der Waals surface area contributed by atoms with Gasteiger partial charge in [0, 0.05) is 24.5 Å². The van der Waals surface area contributed by atoms with E-state index in [0.29, 0.717) is 30.4 Å². The van der Waals surface area contributed by atoms with E-state index in [2.05, 4.69) is 20.6 Å². The van der Waals surface area contributed by atoms with E-state index in [0.717, 1.165) is 22.0 Å². The number of methoxy groups -OCH3 is 2. The Bertz CT molecular complexity index is 1330. The van der Waals surface area contributed by atoms with Crippen LogP contribution in [0.2, 0.25) is 0 Å². The fraction of sp³-hybridized carbons (Fsp3) is 0.182. The van der Waals surface area contributed by atoms with Gasteiger partial charge in [0.15, 0.2) is 17.2 Å². The monoisotopic (exact) mass is 420 g/mol. The Hall–Kier alpha value is -4.14. The average molecular weight is 420 g/mol. The zero-order chi connectivity index (χ0) is 22.0. The summed E-state index contributed by atoms with van der Waals surface area (Å²) in [6.07, 6.45) is 1.48. The third kappa shape index (κ3) is 3.85. The Morgan fingerprint density at radius 2 is 1.58 bits per heavy atom. The SMILES string of the molecule is COc1cc2ncnc(NCc3cccc(CNc4c(O)c(=O)c4=O)c3)c2cc1OC. The van der Waals surface area contributed by atoms with Crippen LogP contribution in [0.3, 0.4) is 0 Å². The highest BCUT2D eigenvalue weighted by molar-refractivity contribution is 5.91. The molecule has 1 heterocycles. The van der Waals surface area contributed by atoms with Crippen LogP contribution in [0, 0.1) is 0 Å². The minimum Gasteiger partial charge on any atom is -0.502 e. The number of aromatic nitrogens is 2. The summed E-state index contributed by atoms with van der Waals surface area (Å²) in [5, 5.41) is 16.4. The molecule has 0 spiro atoms. The number of nitrogens with one attached hydrogen (secondary N) is 2. The van der Waals surface area contributed by atoms with E-state index < -0.39 is 16.6 Å². The second-order valence-electron chi connectivity index (χ2n) is 6.86. The molecular weight excluding hydrogens is 400 g/mol. The summed E-state index contributed by atoms with van der Waals surface area (Å²) < 4.78 is 10.7. The number of benzene rings is 2. The first-order valence-corrected chi connectivity index (χ1v) is 9.46. The highest BCUT2D eigenvalue weighted by Gasteiger charge is 2.19. The normalized spacial score (nSPS) is 10.9. The molecule has 0 aliphatic carbocycles. The van der Waals surface area contributed by atoms with E-state index >= 15 is 0 Å². The standard InChI is InChI=1S/C22H20N4O5/c1-30-16-7-14-15(8-17(16)31-2)25-11-26-22(14)24-10-13-5-3-4-12(6-13)9-23-18-19(27)21(29)20(18)28/h3-8,11,23,27H,9-10H2,1-2H3,(H,24,25,26). The summed E-state index contributed by atoms with van der Waals surface area (Å²) in [6, 6.07) is 11.3. The first-order valence-electron chi connectivity index (χ1n) is 9.46. The van der Waals surface area contributed by atoms with Crippen LogP contribution >= 0.6 is 0 Å². The second-order valence-corrected chi connectivity index (χ2v) is 6.86. The Kier molecular flexibility index (Phi) is 5.40. The Balaban J connectivity index is 1.49. The van der Waals surface area contributed by atoms with Crippen LogP contribution in [0.4, 0.5) is 11.5 Å². The molecule has 4 aromatic rings. The van der Waals surface area contributed by atoms with Crippen LogP contribution in [0.25, 0.3) is 10.9 Å². The molecule has 1 aromatic heterocycles. The van der Waals surface area contributed by atoms with Gasteiger partial charge < -0.3 is 25.2 Å². The van der Waals surface area contributed by atoms with Crippen LogP contribution in [0.5, 0.6) is 17.2 Å². The number of aromatic hydroxyl groups is 1. The van der Waals surface area contributed by atoms with Gasteiger partial charge in [-0.15, -0.1) is 0 Å². The minimum atomic E-state index is -0.855. The fourth-order valence-corrected chi connectivity index (χ4v) is 3.29. The first-order chi connectivity index (χ1) is 15.0. The van der Waals surface area contributed by atoms with Gasteiger partial charge >= 0.3 is 0 Å². The minimum absolute atomic E-state index is 0.0367. The van der Waals surface area contributed by atoms with Crippen LogP contribution in [-0.4, -0.2) is 29.3 Å². The van der Waals surface area contributed by atoms with E-state index in [1.165, 1.54) is 6.33 Å². The molecule has 0 bridgehead atoms. The molecule has 0 atom stereocenters. The van der Waals surface area contributed by atoms with Crippen molar-refractivity contribution in [2.45, 2.75) is 13.1 Å². The summed E-state index contributed by atoms with van der Waals surface area (Å²) >= 11 is 0. The quantitative estimate of drug-likeness (QED) is 0.368. The zero-order valence-electron chi connectivity index (χ0n) is 16.9. The van der Waals surface area contributed by atoms with Gasteiger partial charge in [0.1, 0.15) is 17.8 Å². The Morgan fingerprint density at radius 3 is 2.26 bits per heavy atom. The van der Waals surface area contributed by atoms with Crippen molar-refractivity contribution in [3.8, 4) is 17.2 Å². The maximum Gasteiger partial charge on any atom is 0.271 e. The Morgan fingerprint density at radius 1 is 0.903 bits per heavy atom. The summed E-state index contributed by atoms with van der Waals surface area (Å²) in [7, 11) is 3.14. The molecule has 0 fully saturated rings. The molecule has 0 saturated heterocycles. The lowest BCUT2D eigenvalue weighted by molar-refractivity contribution is 0.356. The van der Waals surface area contributed by atoms with E-state index in [9.17, 15) is 14.7 Å². The van der Waals surface area contributed by atoms with Crippen molar-refractivity contribution in [3.05, 3.63) is 74.3 Å². The zero-order valence-corrected chi connectivity index (χ0v) is 16.9. The molecule has 3 N–H and O–H groups in total. The maximum absolute atomic E-state index is 11.4. The van der Waals surface area contributed by atoms with E-state index in [-0.39, 0.29) is 5.69 Å². The van der Waals surface area contributed by atoms with Crippen molar-refractivity contribution in [2.75, 3.05) is 24.9 Å². The predicted molar refractivity (Wildman–Crippen MR) is 117 cm³/mol. The van der Waals surface area contributed by atoms with Crippen LogP contribution in [0.1, 0.15) is 11.1 Å². The van der Waals surface area contributed by atoms with Gasteiger partial charge in [-0.25, -0.2) is 9.97 Å². The summed E-state index contributed by atoms with van der Waals surface area (Å²) in [5.74, 6) is 1.32. The van der Waals surface area contributed by atoms with Gasteiger partial charge in [-0.05, 0) is 17.2 Å². The van der Waals surface area contributed by atoms with Crippen molar-refractivity contribution in [1.29, 1.82) is 0 Å². The average Bonchev–Trinajstić information content (AvgIpc) is 2.81. The summed E-state index contributed by atoms with van der Waals surface area (Å²) in [5.41, 5.74) is 1.02. The number of hydrogen-bond acceptors (Lipinski definition) is 9. The fourth-order valence-electron chi connectivity index (χ4n) is 3.29. The van der Waals surface area contributed by atoms with Crippen LogP contribution in [0.15, 0.2) is 52.3 Å². The lowest BCUT2D eigenvalue weighted by atomic mass is 10.1. The first kappa shape index (κ1) is 20.1. The van der Waals surface area contributed by atoms with E-state index in [4.69, 9.17) is 9.47 Å². The van der Waals surface area contributed by atoms with Crippen molar-refractivity contribution >= 4 is 22.4 Å². The van der Waals surface area contributed by atoms with Gasteiger partial charge in [-0.2, -0.15) is 0 Å². The van der Waals surface area contributed by atoms with Crippen LogP contribution in [-0.2, 0) is 13.1 Å². The van der Waals surface area contributed by atoms with Crippen molar-refractivity contribution in [3.63, 3.8) is 0 Å². The van der Waals surface area contributed by atoms with Gasteiger partial charge in [0.2, 0.25) is 0 Å². The lowest BCUT2D eigenvalue weighted by Gasteiger charge is -2.13. The van der Waals surface area contributed by atoms with Gasteiger partial charge in [-0.1, -0.05) is 24.3 Å². The highest BCUT2D eigenvalue weighted by Crippen LogP contribution is 2.33. The molecular formula is C22H20N4O5. The second kappa shape index (κ2) is 8.31. The molecule has 9 heteroatoms. The largest absolute Gasteiger partial charge is 0.502 e. The van der Waals surface area contributed by atoms with E-state index in [1.54, 1.807) is 20.3 Å². The summed E-state index contributed by atoms with van der Waals surface area (Å²) in [6.45, 7) is 0.805. The molecule has 0 amide bonds. The number of nitrogens with zero attached hydrogens (tertiary/aromatic N) is 2. The predicted octanol–water partition coefficient (Wildman–Crippen LogP) is 2.17. The number of hydrogen-bond donors (Lipinski definition) is 3. The van der Waals surface area contributed by atoms with Crippen molar-refractivity contribution in [2.24, 2.45) is 0 Å². The van der Waals surface area contributed by atoms with Crippen molar-refractivity contribution < 1.29 is 14.6 Å². The molecule has 158 valence electrons. The summed E-state index contributed by atoms with van der Waals surface area (Å²) in [4.78, 5) is 31.2. The number of fused-ring (bicyclic) bond motifs is 1. The smallest absolute Gasteiger partial charge is 0.271 e. The van der Waals surface area contributed by atoms with Gasteiger partial charge in [-0.3, -0.25) is 9.59 Å². The highest BCUT2D eigenvalue weighted by atomic mass is 16.5. The number of rotatable bonds is 8. The maximum atomic E-state index is 11.4. The molecule has 31 heavy (non-hydrogen) atoms. The van der Waals surface area contributed by atoms with Gasteiger partial charge in [0.05, 0.1) is 19.7 Å². The molecule has 0 aliphatic heterocycles. The van der Waals surface area contributed by atoms with Gasteiger partial charge in [0.25, 0.3) is 10.9 Å². The number of anilines is 2. The van der Waals surface area contributed by atoms with Crippen molar-refractivity contribution in [1.82, 2.24) is 9.97 Å². The van der Waals surface area contributed by atoms with E-state index in [1.807, 2.05) is 30.3 Å². The molecule has 0 aliphatic rings. The molecule has 3 aromatic carbocycles. The molecule has 4 rings (SSSR count). The third-order valence-electron chi connectivity index (χ3n) is 4.95. The molecule has 0 saturated carbocycles. The molecule has 0 unspecified atom stereocenters. The Labute approximate surface area is 177 Å².